The Hall–Kier alpha value is -1.86. The van der Waals surface area contributed by atoms with E-state index in [-0.39, 0.29) is 12.3 Å². The highest BCUT2D eigenvalue weighted by Crippen LogP contribution is 2.36. The number of carbonyl (C=O) groups is 2. The molecule has 2 rings (SSSR count). The van der Waals surface area contributed by atoms with Gasteiger partial charge in [0.2, 0.25) is 0 Å². The highest BCUT2D eigenvalue weighted by Gasteiger charge is 2.51. The Morgan fingerprint density at radius 2 is 1.71 bits per heavy atom. The summed E-state index contributed by atoms with van der Waals surface area (Å²) < 4.78 is 17.3. The molecule has 0 bridgehead atoms. The molecule has 1 aliphatic rings. The average Bonchev–Trinajstić information content (AvgIpc) is 2.78. The molecule has 1 saturated heterocycles. The summed E-state index contributed by atoms with van der Waals surface area (Å²) in [5.41, 5.74) is 0.600. The number of carbonyl (C=O) groups excluding carboxylic acids is 2. The summed E-state index contributed by atoms with van der Waals surface area (Å²) in [5, 5.41) is 2.50. The van der Waals surface area contributed by atoms with Crippen molar-refractivity contribution in [3.8, 4) is 0 Å². The molecule has 6 nitrogen and oxygen atoms in total. The van der Waals surface area contributed by atoms with Gasteiger partial charge in [0.25, 0.3) is 0 Å². The molecule has 1 aromatic carbocycles. The molecule has 7 heteroatoms. The van der Waals surface area contributed by atoms with Crippen LogP contribution in [0.3, 0.4) is 0 Å². The number of benzene rings is 1. The zero-order valence-electron chi connectivity index (χ0n) is 18.0. The summed E-state index contributed by atoms with van der Waals surface area (Å²) in [7, 11) is -0.422. The maximum Gasteiger partial charge on any atom is 0.494 e. The van der Waals surface area contributed by atoms with E-state index in [9.17, 15) is 9.59 Å². The van der Waals surface area contributed by atoms with E-state index in [0.717, 1.165) is 11.0 Å². The number of rotatable bonds is 6. The van der Waals surface area contributed by atoms with Crippen molar-refractivity contribution in [2.45, 2.75) is 78.1 Å². The standard InChI is InChI=1S/C21H32BNO5/c1-19(2,3)26-18(25)23-14-17(24)12-11-15-9-8-10-16(13-15)22-27-20(4,5)21(6,7)28-22/h8-10,13H,11-12,14H2,1-7H3,(H,23,25). The number of hydrogen-bond acceptors (Lipinski definition) is 5. The molecule has 0 atom stereocenters. The maximum atomic E-state index is 12.1. The van der Waals surface area contributed by atoms with Crippen molar-refractivity contribution in [2.24, 2.45) is 0 Å². The Bertz CT molecular complexity index is 708. The lowest BCUT2D eigenvalue weighted by Gasteiger charge is -2.32. The molecule has 154 valence electrons. The molecule has 0 saturated carbocycles. The maximum absolute atomic E-state index is 12.1. The van der Waals surface area contributed by atoms with Gasteiger partial charge in [0.1, 0.15) is 5.60 Å². The van der Waals surface area contributed by atoms with Crippen LogP contribution in [0.5, 0.6) is 0 Å². The zero-order valence-corrected chi connectivity index (χ0v) is 18.0. The quantitative estimate of drug-likeness (QED) is 0.758. The third-order valence-electron chi connectivity index (χ3n) is 5.00. The second kappa shape index (κ2) is 8.25. The van der Waals surface area contributed by atoms with E-state index in [1.165, 1.54) is 0 Å². The van der Waals surface area contributed by atoms with E-state index in [2.05, 4.69) is 5.32 Å². The molecule has 0 aliphatic carbocycles. The van der Waals surface area contributed by atoms with Crippen molar-refractivity contribution in [1.82, 2.24) is 5.32 Å². The fourth-order valence-electron chi connectivity index (χ4n) is 2.73. The number of ether oxygens (including phenoxy) is 1. The monoisotopic (exact) mass is 389 g/mol. The number of amides is 1. The van der Waals surface area contributed by atoms with Crippen LogP contribution in [-0.4, -0.2) is 42.3 Å². The fourth-order valence-corrected chi connectivity index (χ4v) is 2.73. The van der Waals surface area contributed by atoms with E-state index in [1.807, 2.05) is 52.0 Å². The molecule has 28 heavy (non-hydrogen) atoms. The molecule has 0 radical (unpaired) electrons. The SMILES string of the molecule is CC(C)(C)OC(=O)NCC(=O)CCc1cccc(B2OC(C)(C)C(C)(C)O2)c1. The Kier molecular flexibility index (Phi) is 6.61. The van der Waals surface area contributed by atoms with Crippen LogP contribution in [0.1, 0.15) is 60.5 Å². The van der Waals surface area contributed by atoms with E-state index in [1.54, 1.807) is 20.8 Å². The number of alkyl carbamates (subject to hydrolysis) is 1. The summed E-state index contributed by atoms with van der Waals surface area (Å²) in [6.07, 6.45) is 0.341. The summed E-state index contributed by atoms with van der Waals surface area (Å²) in [4.78, 5) is 23.7. The predicted molar refractivity (Wildman–Crippen MR) is 110 cm³/mol. The normalized spacial score (nSPS) is 18.0. The zero-order chi connectivity index (χ0) is 21.2. The van der Waals surface area contributed by atoms with Crippen LogP contribution in [0.15, 0.2) is 24.3 Å². The first-order valence-electron chi connectivity index (χ1n) is 9.72. The van der Waals surface area contributed by atoms with Crippen molar-refractivity contribution in [2.75, 3.05) is 6.54 Å². The smallest absolute Gasteiger partial charge is 0.444 e. The van der Waals surface area contributed by atoms with Gasteiger partial charge in [0.05, 0.1) is 17.7 Å². The van der Waals surface area contributed by atoms with Crippen molar-refractivity contribution in [3.05, 3.63) is 29.8 Å². The van der Waals surface area contributed by atoms with Gasteiger partial charge in [0, 0.05) is 6.42 Å². The van der Waals surface area contributed by atoms with E-state index in [4.69, 9.17) is 14.0 Å². The van der Waals surface area contributed by atoms with Crippen LogP contribution in [0, 0.1) is 0 Å². The first-order valence-corrected chi connectivity index (χ1v) is 9.72. The number of nitrogens with one attached hydrogen (secondary N) is 1. The van der Waals surface area contributed by atoms with Gasteiger partial charge in [-0.3, -0.25) is 4.79 Å². The van der Waals surface area contributed by atoms with Gasteiger partial charge in [-0.25, -0.2) is 4.79 Å². The first kappa shape index (κ1) is 22.4. The lowest BCUT2D eigenvalue weighted by molar-refractivity contribution is -0.118. The van der Waals surface area contributed by atoms with Crippen LogP contribution in [0.4, 0.5) is 4.79 Å². The van der Waals surface area contributed by atoms with Gasteiger partial charge in [-0.2, -0.15) is 0 Å². The van der Waals surface area contributed by atoms with Crippen LogP contribution in [0.25, 0.3) is 0 Å². The summed E-state index contributed by atoms with van der Waals surface area (Å²) in [5.74, 6) is -0.0492. The second-order valence-electron chi connectivity index (χ2n) is 9.23. The van der Waals surface area contributed by atoms with Crippen molar-refractivity contribution >= 4 is 24.5 Å². The highest BCUT2D eigenvalue weighted by atomic mass is 16.7. The molecule has 1 aliphatic heterocycles. The Morgan fingerprint density at radius 3 is 2.29 bits per heavy atom. The molecular weight excluding hydrogens is 357 g/mol. The van der Waals surface area contributed by atoms with Gasteiger partial charge in [-0.15, -0.1) is 0 Å². The highest BCUT2D eigenvalue weighted by molar-refractivity contribution is 6.62. The predicted octanol–water partition coefficient (Wildman–Crippen LogP) is 3.01. The van der Waals surface area contributed by atoms with E-state index >= 15 is 0 Å². The van der Waals surface area contributed by atoms with Crippen LogP contribution in [-0.2, 0) is 25.3 Å². The van der Waals surface area contributed by atoms with Crippen LogP contribution >= 0.6 is 0 Å². The molecule has 1 aromatic rings. The minimum absolute atomic E-state index is 0.0359. The average molecular weight is 389 g/mol. The molecule has 0 aromatic heterocycles. The molecule has 0 spiro atoms. The lowest BCUT2D eigenvalue weighted by Crippen LogP contribution is -2.41. The molecular formula is C21H32BNO5. The molecule has 1 heterocycles. The first-order chi connectivity index (χ1) is 12.8. The van der Waals surface area contributed by atoms with Gasteiger partial charge >= 0.3 is 13.2 Å². The Morgan fingerprint density at radius 1 is 1.11 bits per heavy atom. The minimum atomic E-state index is -0.582. The van der Waals surface area contributed by atoms with Gasteiger partial charge in [0.15, 0.2) is 5.78 Å². The molecule has 0 unspecified atom stereocenters. The molecule has 1 amide bonds. The van der Waals surface area contributed by atoms with Gasteiger partial charge in [-0.05, 0) is 65.9 Å². The lowest BCUT2D eigenvalue weighted by atomic mass is 9.78. The number of aryl methyl sites for hydroxylation is 1. The van der Waals surface area contributed by atoms with Crippen LogP contribution in [0.2, 0.25) is 0 Å². The molecule has 1 fully saturated rings. The third kappa shape index (κ3) is 6.07. The van der Waals surface area contributed by atoms with Crippen molar-refractivity contribution in [1.29, 1.82) is 0 Å². The summed E-state index contributed by atoms with van der Waals surface area (Å²) in [6, 6.07) is 7.90. The Labute approximate surface area is 168 Å². The summed E-state index contributed by atoms with van der Waals surface area (Å²) >= 11 is 0. The second-order valence-corrected chi connectivity index (χ2v) is 9.23. The Balaban J connectivity index is 1.87. The van der Waals surface area contributed by atoms with E-state index in [0.29, 0.717) is 12.8 Å². The number of Topliss-reactive ketones (excluding diaryl/α,β-unsaturated/α-hetero) is 1. The van der Waals surface area contributed by atoms with Crippen LogP contribution < -0.4 is 10.8 Å². The largest absolute Gasteiger partial charge is 0.494 e. The van der Waals surface area contributed by atoms with Crippen molar-refractivity contribution in [3.63, 3.8) is 0 Å². The van der Waals surface area contributed by atoms with E-state index < -0.39 is 30.0 Å². The summed E-state index contributed by atoms with van der Waals surface area (Å²) in [6.45, 7) is 13.4. The number of hydrogen-bond donors (Lipinski definition) is 1. The van der Waals surface area contributed by atoms with Gasteiger partial charge < -0.3 is 19.4 Å². The number of ketones is 1. The fraction of sp³-hybridized carbons (Fsp3) is 0.619. The van der Waals surface area contributed by atoms with Gasteiger partial charge in [-0.1, -0.05) is 24.3 Å². The third-order valence-corrected chi connectivity index (χ3v) is 5.00. The minimum Gasteiger partial charge on any atom is -0.444 e. The van der Waals surface area contributed by atoms with Crippen molar-refractivity contribution < 1.29 is 23.6 Å². The topological polar surface area (TPSA) is 73.9 Å². The molecule has 1 N–H and O–H groups in total.